The van der Waals surface area contributed by atoms with E-state index in [0.29, 0.717) is 6.04 Å². The first kappa shape index (κ1) is 12.6. The van der Waals surface area contributed by atoms with Crippen LogP contribution in [0.2, 0.25) is 0 Å². The van der Waals surface area contributed by atoms with Gasteiger partial charge in [0, 0.05) is 19.3 Å². The number of aryl methyl sites for hydroxylation is 1. The van der Waals surface area contributed by atoms with Gasteiger partial charge in [0.15, 0.2) is 0 Å². The monoisotopic (exact) mass is 233 g/mol. The van der Waals surface area contributed by atoms with Gasteiger partial charge in [-0.2, -0.15) is 0 Å². The van der Waals surface area contributed by atoms with Crippen molar-refractivity contribution in [2.75, 3.05) is 20.3 Å². The van der Waals surface area contributed by atoms with Crippen molar-refractivity contribution in [1.82, 2.24) is 5.32 Å². The van der Waals surface area contributed by atoms with Crippen LogP contribution in [0, 0.1) is 12.8 Å². The average molecular weight is 233 g/mol. The summed E-state index contributed by atoms with van der Waals surface area (Å²) in [5, 5.41) is 3.48. The number of ether oxygens (including phenoxy) is 1. The maximum absolute atomic E-state index is 5.44. The fraction of sp³-hybridized carbons (Fsp3) is 0.600. The predicted molar refractivity (Wildman–Crippen MR) is 71.3 cm³/mol. The van der Waals surface area contributed by atoms with Crippen LogP contribution < -0.4 is 5.32 Å². The summed E-state index contributed by atoms with van der Waals surface area (Å²) in [6.45, 7) is 4.01. The molecule has 1 aromatic carbocycles. The molecule has 0 aromatic heterocycles. The number of nitrogens with one attached hydrogen (secondary N) is 1. The normalized spacial score (nSPS) is 19.2. The standard InChI is InChI=1S/C15H23NO/c1-12-4-3-5-13(10-12)11-15(16-2)14-6-8-17-9-7-14/h3-5,10,14-16H,6-9,11H2,1-2H3. The molecule has 0 amide bonds. The maximum Gasteiger partial charge on any atom is 0.0469 e. The first-order chi connectivity index (χ1) is 8.29. The second-order valence-corrected chi connectivity index (χ2v) is 5.04. The largest absolute Gasteiger partial charge is 0.381 e. The molecule has 1 saturated heterocycles. The van der Waals surface area contributed by atoms with Gasteiger partial charge in [-0.05, 0) is 44.7 Å². The molecule has 94 valence electrons. The Morgan fingerprint density at radius 3 is 2.76 bits per heavy atom. The van der Waals surface area contributed by atoms with Crippen molar-refractivity contribution in [3.63, 3.8) is 0 Å². The van der Waals surface area contributed by atoms with Gasteiger partial charge in [-0.3, -0.25) is 0 Å². The van der Waals surface area contributed by atoms with Crippen LogP contribution in [-0.4, -0.2) is 26.3 Å². The van der Waals surface area contributed by atoms with Gasteiger partial charge in [-0.25, -0.2) is 0 Å². The van der Waals surface area contributed by atoms with Crippen molar-refractivity contribution in [2.45, 2.75) is 32.2 Å². The lowest BCUT2D eigenvalue weighted by Gasteiger charge is -2.30. The van der Waals surface area contributed by atoms with Crippen LogP contribution in [0.4, 0.5) is 0 Å². The van der Waals surface area contributed by atoms with Crippen molar-refractivity contribution >= 4 is 0 Å². The molecule has 2 nitrogen and oxygen atoms in total. The van der Waals surface area contributed by atoms with Gasteiger partial charge in [0.1, 0.15) is 0 Å². The molecule has 1 N–H and O–H groups in total. The van der Waals surface area contributed by atoms with E-state index in [9.17, 15) is 0 Å². The van der Waals surface area contributed by atoms with E-state index in [4.69, 9.17) is 4.74 Å². The van der Waals surface area contributed by atoms with E-state index in [-0.39, 0.29) is 0 Å². The summed E-state index contributed by atoms with van der Waals surface area (Å²) < 4.78 is 5.44. The van der Waals surface area contributed by atoms with Crippen LogP contribution in [-0.2, 0) is 11.2 Å². The molecule has 1 fully saturated rings. The smallest absolute Gasteiger partial charge is 0.0469 e. The van der Waals surface area contributed by atoms with E-state index in [1.807, 2.05) is 0 Å². The lowest BCUT2D eigenvalue weighted by atomic mass is 9.87. The Morgan fingerprint density at radius 1 is 1.35 bits per heavy atom. The molecule has 1 aliphatic rings. The molecule has 1 aromatic rings. The first-order valence-corrected chi connectivity index (χ1v) is 6.60. The lowest BCUT2D eigenvalue weighted by Crippen LogP contribution is -2.38. The highest BCUT2D eigenvalue weighted by atomic mass is 16.5. The van der Waals surface area contributed by atoms with Crippen molar-refractivity contribution in [3.8, 4) is 0 Å². The van der Waals surface area contributed by atoms with Crippen molar-refractivity contribution in [2.24, 2.45) is 5.92 Å². The Balaban J connectivity index is 1.98. The van der Waals surface area contributed by atoms with Crippen LogP contribution in [0.25, 0.3) is 0 Å². The fourth-order valence-corrected chi connectivity index (χ4v) is 2.72. The van der Waals surface area contributed by atoms with E-state index < -0.39 is 0 Å². The van der Waals surface area contributed by atoms with E-state index in [0.717, 1.165) is 25.6 Å². The van der Waals surface area contributed by atoms with Crippen molar-refractivity contribution < 1.29 is 4.74 Å². The fourth-order valence-electron chi connectivity index (χ4n) is 2.72. The quantitative estimate of drug-likeness (QED) is 0.863. The molecule has 0 radical (unpaired) electrons. The van der Waals surface area contributed by atoms with Crippen molar-refractivity contribution in [3.05, 3.63) is 35.4 Å². The zero-order valence-corrected chi connectivity index (χ0v) is 10.9. The molecule has 0 saturated carbocycles. The summed E-state index contributed by atoms with van der Waals surface area (Å²) >= 11 is 0. The molecule has 2 heteroatoms. The Labute approximate surface area is 104 Å². The number of rotatable bonds is 4. The highest BCUT2D eigenvalue weighted by Gasteiger charge is 2.22. The summed E-state index contributed by atoms with van der Waals surface area (Å²) in [5.41, 5.74) is 2.79. The highest BCUT2D eigenvalue weighted by molar-refractivity contribution is 5.23. The number of benzene rings is 1. The third kappa shape index (κ3) is 3.55. The first-order valence-electron chi connectivity index (χ1n) is 6.60. The minimum Gasteiger partial charge on any atom is -0.381 e. The molecule has 1 unspecified atom stereocenters. The van der Waals surface area contributed by atoms with E-state index in [2.05, 4.69) is 43.6 Å². The van der Waals surface area contributed by atoms with Crippen LogP contribution in [0.3, 0.4) is 0 Å². The Bertz CT molecular complexity index is 345. The predicted octanol–water partition coefficient (Wildman–Crippen LogP) is 2.55. The van der Waals surface area contributed by atoms with Gasteiger partial charge < -0.3 is 10.1 Å². The van der Waals surface area contributed by atoms with Gasteiger partial charge in [0.05, 0.1) is 0 Å². The summed E-state index contributed by atoms with van der Waals surface area (Å²) in [5.74, 6) is 0.759. The molecule has 1 aliphatic heterocycles. The van der Waals surface area contributed by atoms with Gasteiger partial charge in [0.25, 0.3) is 0 Å². The van der Waals surface area contributed by atoms with E-state index in [1.54, 1.807) is 0 Å². The summed E-state index contributed by atoms with van der Waals surface area (Å²) in [7, 11) is 2.08. The summed E-state index contributed by atoms with van der Waals surface area (Å²) in [6.07, 6.45) is 3.51. The third-order valence-corrected chi connectivity index (χ3v) is 3.74. The second kappa shape index (κ2) is 6.18. The maximum atomic E-state index is 5.44. The van der Waals surface area contributed by atoms with Gasteiger partial charge >= 0.3 is 0 Å². The van der Waals surface area contributed by atoms with E-state index in [1.165, 1.54) is 24.0 Å². The molecule has 0 spiro atoms. The molecular formula is C15H23NO. The molecule has 1 atom stereocenters. The summed E-state index contributed by atoms with van der Waals surface area (Å²) in [6, 6.07) is 9.43. The van der Waals surface area contributed by atoms with E-state index >= 15 is 0 Å². The molecule has 17 heavy (non-hydrogen) atoms. The number of hydrogen-bond donors (Lipinski definition) is 1. The molecule has 1 heterocycles. The zero-order chi connectivity index (χ0) is 12.1. The van der Waals surface area contributed by atoms with Crippen LogP contribution in [0.15, 0.2) is 24.3 Å². The highest BCUT2D eigenvalue weighted by Crippen LogP contribution is 2.21. The molecule has 0 bridgehead atoms. The Hall–Kier alpha value is -0.860. The van der Waals surface area contributed by atoms with Crippen molar-refractivity contribution in [1.29, 1.82) is 0 Å². The molecular weight excluding hydrogens is 210 g/mol. The van der Waals surface area contributed by atoms with Crippen LogP contribution in [0.5, 0.6) is 0 Å². The second-order valence-electron chi connectivity index (χ2n) is 5.04. The molecule has 0 aliphatic carbocycles. The zero-order valence-electron chi connectivity index (χ0n) is 10.9. The summed E-state index contributed by atoms with van der Waals surface area (Å²) in [4.78, 5) is 0. The Morgan fingerprint density at radius 2 is 2.12 bits per heavy atom. The SMILES string of the molecule is CNC(Cc1cccc(C)c1)C1CCOCC1. The minimum absolute atomic E-state index is 0.584. The minimum atomic E-state index is 0.584. The molecule has 2 rings (SSSR count). The number of likely N-dealkylation sites (N-methyl/N-ethyl adjacent to an activating group) is 1. The Kier molecular flexibility index (Phi) is 4.57. The number of hydrogen-bond acceptors (Lipinski definition) is 2. The van der Waals surface area contributed by atoms with Gasteiger partial charge in [-0.15, -0.1) is 0 Å². The van der Waals surface area contributed by atoms with Gasteiger partial charge in [-0.1, -0.05) is 29.8 Å². The average Bonchev–Trinajstić information content (AvgIpc) is 2.37. The van der Waals surface area contributed by atoms with Crippen LogP contribution in [0.1, 0.15) is 24.0 Å². The lowest BCUT2D eigenvalue weighted by molar-refractivity contribution is 0.0547. The third-order valence-electron chi connectivity index (χ3n) is 3.74. The van der Waals surface area contributed by atoms with Gasteiger partial charge in [0.2, 0.25) is 0 Å². The topological polar surface area (TPSA) is 21.3 Å². The van der Waals surface area contributed by atoms with Crippen LogP contribution >= 0.6 is 0 Å².